The van der Waals surface area contributed by atoms with E-state index in [2.05, 4.69) is 5.32 Å². The summed E-state index contributed by atoms with van der Waals surface area (Å²) < 4.78 is 19.1. The van der Waals surface area contributed by atoms with Gasteiger partial charge in [0.1, 0.15) is 5.82 Å². The zero-order valence-electron chi connectivity index (χ0n) is 11.9. The van der Waals surface area contributed by atoms with Crippen LogP contribution in [-0.2, 0) is 11.3 Å². The van der Waals surface area contributed by atoms with Gasteiger partial charge >= 0.3 is 0 Å². The minimum absolute atomic E-state index is 0.217. The average Bonchev–Trinajstić information content (AvgIpc) is 2.44. The van der Waals surface area contributed by atoms with E-state index in [0.29, 0.717) is 25.4 Å². The molecule has 5 heteroatoms. The Morgan fingerprint density at radius 1 is 1.50 bits per heavy atom. The summed E-state index contributed by atoms with van der Waals surface area (Å²) in [6.45, 7) is 3.34. The highest BCUT2D eigenvalue weighted by Gasteiger charge is 2.20. The zero-order valence-corrected chi connectivity index (χ0v) is 11.9. The van der Waals surface area contributed by atoms with Crippen LogP contribution in [0.5, 0.6) is 0 Å². The molecule has 1 heterocycles. The number of aliphatic hydroxyl groups is 1. The Hall–Kier alpha value is -1.17. The number of nitrogens with one attached hydrogen (secondary N) is 1. The SMILES string of the molecule is COCCNCc1ccc(N2CCCC(O)C2)c(F)c1. The van der Waals surface area contributed by atoms with E-state index in [1.165, 1.54) is 0 Å². The lowest BCUT2D eigenvalue weighted by Crippen LogP contribution is -2.38. The van der Waals surface area contributed by atoms with Crippen LogP contribution in [0.25, 0.3) is 0 Å². The standard InChI is InChI=1S/C15H23FN2O2/c1-20-8-6-17-10-12-4-5-15(14(16)9-12)18-7-2-3-13(19)11-18/h4-5,9,13,17,19H,2-3,6-8,10-11H2,1H3. The summed E-state index contributed by atoms with van der Waals surface area (Å²) in [6, 6.07) is 5.30. The second-order valence-corrected chi connectivity index (χ2v) is 5.20. The van der Waals surface area contributed by atoms with Gasteiger partial charge in [-0.25, -0.2) is 4.39 Å². The number of rotatable bonds is 6. The normalized spacial score (nSPS) is 19.4. The number of anilines is 1. The van der Waals surface area contributed by atoms with Crippen molar-refractivity contribution >= 4 is 5.69 Å². The van der Waals surface area contributed by atoms with Crippen LogP contribution < -0.4 is 10.2 Å². The Morgan fingerprint density at radius 3 is 3.05 bits per heavy atom. The van der Waals surface area contributed by atoms with E-state index in [-0.39, 0.29) is 11.9 Å². The maximum Gasteiger partial charge on any atom is 0.146 e. The lowest BCUT2D eigenvalue weighted by molar-refractivity contribution is 0.154. The fourth-order valence-corrected chi connectivity index (χ4v) is 2.50. The molecule has 20 heavy (non-hydrogen) atoms. The third-order valence-corrected chi connectivity index (χ3v) is 3.56. The van der Waals surface area contributed by atoms with Crippen molar-refractivity contribution in [2.45, 2.75) is 25.5 Å². The van der Waals surface area contributed by atoms with Gasteiger partial charge in [-0.2, -0.15) is 0 Å². The largest absolute Gasteiger partial charge is 0.391 e. The van der Waals surface area contributed by atoms with Crippen LogP contribution in [-0.4, -0.2) is 44.6 Å². The van der Waals surface area contributed by atoms with Crippen LogP contribution in [0.1, 0.15) is 18.4 Å². The van der Waals surface area contributed by atoms with Crippen LogP contribution >= 0.6 is 0 Å². The molecule has 2 rings (SSSR count). The molecule has 1 aliphatic rings. The summed E-state index contributed by atoms with van der Waals surface area (Å²) in [6.07, 6.45) is 1.36. The molecule has 1 aromatic rings. The minimum atomic E-state index is -0.349. The van der Waals surface area contributed by atoms with Crippen LogP contribution in [0, 0.1) is 5.82 Å². The van der Waals surface area contributed by atoms with Gasteiger partial charge in [0.2, 0.25) is 0 Å². The molecule has 0 aromatic heterocycles. The van der Waals surface area contributed by atoms with Gasteiger partial charge in [0.15, 0.2) is 0 Å². The number of benzene rings is 1. The van der Waals surface area contributed by atoms with Gasteiger partial charge in [0.05, 0.1) is 18.4 Å². The van der Waals surface area contributed by atoms with E-state index in [1.54, 1.807) is 19.2 Å². The first-order valence-corrected chi connectivity index (χ1v) is 7.12. The quantitative estimate of drug-likeness (QED) is 0.777. The van der Waals surface area contributed by atoms with Gasteiger partial charge in [-0.15, -0.1) is 0 Å². The van der Waals surface area contributed by atoms with Gasteiger partial charge in [0, 0.05) is 33.3 Å². The van der Waals surface area contributed by atoms with Gasteiger partial charge in [0.25, 0.3) is 0 Å². The van der Waals surface area contributed by atoms with E-state index in [4.69, 9.17) is 4.74 Å². The number of β-amino-alcohol motifs (C(OH)–C–C–N with tert-alkyl or cyclic N) is 1. The second kappa shape index (κ2) is 7.57. The number of ether oxygens (including phenoxy) is 1. The van der Waals surface area contributed by atoms with Crippen LogP contribution in [0.2, 0.25) is 0 Å². The Bertz CT molecular complexity index is 428. The van der Waals surface area contributed by atoms with E-state index < -0.39 is 0 Å². The number of hydrogen-bond donors (Lipinski definition) is 2. The molecule has 1 aromatic carbocycles. The fraction of sp³-hybridized carbons (Fsp3) is 0.600. The molecule has 0 radical (unpaired) electrons. The monoisotopic (exact) mass is 282 g/mol. The molecule has 112 valence electrons. The fourth-order valence-electron chi connectivity index (χ4n) is 2.50. The van der Waals surface area contributed by atoms with Crippen molar-refractivity contribution in [2.75, 3.05) is 38.3 Å². The molecule has 0 bridgehead atoms. The van der Waals surface area contributed by atoms with E-state index >= 15 is 0 Å². The summed E-state index contributed by atoms with van der Waals surface area (Å²) in [5, 5.41) is 12.9. The first-order chi connectivity index (χ1) is 9.70. The molecule has 0 saturated carbocycles. The van der Waals surface area contributed by atoms with Gasteiger partial charge in [-0.3, -0.25) is 0 Å². The predicted molar refractivity (Wildman–Crippen MR) is 77.4 cm³/mol. The molecule has 1 saturated heterocycles. The van der Waals surface area contributed by atoms with Crippen LogP contribution in [0.4, 0.5) is 10.1 Å². The second-order valence-electron chi connectivity index (χ2n) is 5.20. The van der Waals surface area contributed by atoms with Crippen molar-refractivity contribution < 1.29 is 14.2 Å². The molecular weight excluding hydrogens is 259 g/mol. The van der Waals surface area contributed by atoms with Crippen molar-refractivity contribution in [3.05, 3.63) is 29.6 Å². The summed E-state index contributed by atoms with van der Waals surface area (Å²) in [5.41, 5.74) is 1.50. The highest BCUT2D eigenvalue weighted by Crippen LogP contribution is 2.24. The maximum atomic E-state index is 14.2. The first-order valence-electron chi connectivity index (χ1n) is 7.12. The third-order valence-electron chi connectivity index (χ3n) is 3.56. The molecule has 4 nitrogen and oxygen atoms in total. The van der Waals surface area contributed by atoms with Gasteiger partial charge in [-0.05, 0) is 30.5 Å². The smallest absolute Gasteiger partial charge is 0.146 e. The number of hydrogen-bond acceptors (Lipinski definition) is 4. The molecule has 1 fully saturated rings. The topological polar surface area (TPSA) is 44.7 Å². The number of aliphatic hydroxyl groups excluding tert-OH is 1. The van der Waals surface area contributed by atoms with Crippen molar-refractivity contribution in [2.24, 2.45) is 0 Å². The highest BCUT2D eigenvalue weighted by atomic mass is 19.1. The molecule has 1 atom stereocenters. The predicted octanol–water partition coefficient (Wildman–Crippen LogP) is 1.52. The van der Waals surface area contributed by atoms with Gasteiger partial charge in [-0.1, -0.05) is 6.07 Å². The first kappa shape index (κ1) is 15.2. The summed E-state index contributed by atoms with van der Waals surface area (Å²) in [4.78, 5) is 1.92. The Labute approximate surface area is 119 Å². The zero-order chi connectivity index (χ0) is 14.4. The number of nitrogens with zero attached hydrogens (tertiary/aromatic N) is 1. The lowest BCUT2D eigenvalue weighted by Gasteiger charge is -2.32. The number of piperidine rings is 1. The van der Waals surface area contributed by atoms with Crippen molar-refractivity contribution in [3.63, 3.8) is 0 Å². The van der Waals surface area contributed by atoms with Crippen molar-refractivity contribution in [3.8, 4) is 0 Å². The summed E-state index contributed by atoms with van der Waals surface area (Å²) >= 11 is 0. The lowest BCUT2D eigenvalue weighted by atomic mass is 10.1. The molecule has 0 amide bonds. The highest BCUT2D eigenvalue weighted by molar-refractivity contribution is 5.49. The van der Waals surface area contributed by atoms with Crippen molar-refractivity contribution in [1.29, 1.82) is 0 Å². The Balaban J connectivity index is 1.95. The molecule has 2 N–H and O–H groups in total. The van der Waals surface area contributed by atoms with Crippen LogP contribution in [0.15, 0.2) is 18.2 Å². The third kappa shape index (κ3) is 4.16. The Kier molecular flexibility index (Phi) is 5.76. The number of halogens is 1. The van der Waals surface area contributed by atoms with Crippen LogP contribution in [0.3, 0.4) is 0 Å². The summed E-state index contributed by atoms with van der Waals surface area (Å²) in [7, 11) is 1.66. The maximum absolute atomic E-state index is 14.2. The number of methoxy groups -OCH3 is 1. The molecule has 0 aliphatic carbocycles. The van der Waals surface area contributed by atoms with E-state index in [9.17, 15) is 9.50 Å². The Morgan fingerprint density at radius 2 is 2.35 bits per heavy atom. The molecule has 1 aliphatic heterocycles. The minimum Gasteiger partial charge on any atom is -0.391 e. The van der Waals surface area contributed by atoms with E-state index in [0.717, 1.165) is 31.5 Å². The molecular formula is C15H23FN2O2. The molecule has 1 unspecified atom stereocenters. The van der Waals surface area contributed by atoms with E-state index in [1.807, 2.05) is 11.0 Å². The van der Waals surface area contributed by atoms with Crippen molar-refractivity contribution in [1.82, 2.24) is 5.32 Å². The molecule has 0 spiro atoms. The van der Waals surface area contributed by atoms with Gasteiger partial charge < -0.3 is 20.1 Å². The summed E-state index contributed by atoms with van der Waals surface area (Å²) in [5.74, 6) is -0.217. The average molecular weight is 282 g/mol.